The van der Waals surface area contributed by atoms with Crippen LogP contribution in [0.4, 0.5) is 0 Å². The number of carbonyl (C=O) groups is 1. The molecule has 0 aliphatic carbocycles. The number of hydrogen-bond acceptors (Lipinski definition) is 2. The van der Waals surface area contributed by atoms with E-state index in [2.05, 4.69) is 22.8 Å². The molecule has 3 nitrogen and oxygen atoms in total. The summed E-state index contributed by atoms with van der Waals surface area (Å²) in [6.45, 7) is 2.13. The summed E-state index contributed by atoms with van der Waals surface area (Å²) in [5.74, 6) is -0.00262. The molecule has 1 aliphatic heterocycles. The lowest BCUT2D eigenvalue weighted by Crippen LogP contribution is -2.38. The van der Waals surface area contributed by atoms with E-state index >= 15 is 0 Å². The molecule has 0 radical (unpaired) electrons. The van der Waals surface area contributed by atoms with Crippen molar-refractivity contribution in [3.8, 4) is 0 Å². The van der Waals surface area contributed by atoms with Gasteiger partial charge in [0.2, 0.25) is 5.91 Å². The summed E-state index contributed by atoms with van der Waals surface area (Å²) in [6.07, 6.45) is 0. The molecule has 1 atom stereocenters. The number of nitrogens with one attached hydrogen (secondary N) is 2. The Labute approximate surface area is 119 Å². The van der Waals surface area contributed by atoms with E-state index in [0.717, 1.165) is 17.7 Å². The summed E-state index contributed by atoms with van der Waals surface area (Å²) < 4.78 is 0. The van der Waals surface area contributed by atoms with E-state index in [1.165, 1.54) is 5.56 Å². The van der Waals surface area contributed by atoms with Gasteiger partial charge >= 0.3 is 0 Å². The van der Waals surface area contributed by atoms with Gasteiger partial charge in [0.15, 0.2) is 0 Å². The molecule has 3 rings (SSSR count). The third kappa shape index (κ3) is 2.73. The van der Waals surface area contributed by atoms with Crippen LogP contribution in [0.3, 0.4) is 0 Å². The van der Waals surface area contributed by atoms with Crippen molar-refractivity contribution in [3.63, 3.8) is 0 Å². The van der Waals surface area contributed by atoms with Gasteiger partial charge in [-0.25, -0.2) is 0 Å². The van der Waals surface area contributed by atoms with Crippen LogP contribution < -0.4 is 10.6 Å². The smallest absolute Gasteiger partial charge is 0.229 e. The van der Waals surface area contributed by atoms with Crippen molar-refractivity contribution >= 4 is 5.91 Å². The van der Waals surface area contributed by atoms with E-state index in [-0.39, 0.29) is 11.8 Å². The standard InChI is InChI=1S/C17H18N2O/c20-17(19-10-13-6-2-1-3-7-13)16-12-18-11-14-8-4-5-9-15(14)16/h1-9,16,18H,10-12H2,(H,19,20). The number of fused-ring (bicyclic) bond motifs is 1. The lowest BCUT2D eigenvalue weighted by molar-refractivity contribution is -0.122. The summed E-state index contributed by atoms with van der Waals surface area (Å²) in [4.78, 5) is 12.4. The van der Waals surface area contributed by atoms with Crippen molar-refractivity contribution in [2.45, 2.75) is 19.0 Å². The Morgan fingerprint density at radius 1 is 1.10 bits per heavy atom. The molecule has 0 saturated heterocycles. The molecule has 20 heavy (non-hydrogen) atoms. The normalized spacial score (nSPS) is 17.3. The quantitative estimate of drug-likeness (QED) is 0.894. The molecular weight excluding hydrogens is 248 g/mol. The van der Waals surface area contributed by atoms with Crippen LogP contribution in [0.1, 0.15) is 22.6 Å². The van der Waals surface area contributed by atoms with Gasteiger partial charge in [-0.05, 0) is 16.7 Å². The summed E-state index contributed by atoms with van der Waals surface area (Å²) in [6, 6.07) is 18.2. The molecule has 1 heterocycles. The molecule has 3 heteroatoms. The molecule has 0 saturated carbocycles. The minimum absolute atomic E-state index is 0.0912. The Morgan fingerprint density at radius 2 is 1.85 bits per heavy atom. The topological polar surface area (TPSA) is 41.1 Å². The van der Waals surface area contributed by atoms with Crippen LogP contribution in [0.5, 0.6) is 0 Å². The van der Waals surface area contributed by atoms with E-state index in [9.17, 15) is 4.79 Å². The number of amides is 1. The summed E-state index contributed by atoms with van der Waals surface area (Å²) in [5, 5.41) is 6.34. The fourth-order valence-electron chi connectivity index (χ4n) is 2.64. The summed E-state index contributed by atoms with van der Waals surface area (Å²) in [7, 11) is 0. The minimum Gasteiger partial charge on any atom is -0.351 e. The van der Waals surface area contributed by atoms with Crippen LogP contribution >= 0.6 is 0 Å². The first kappa shape index (κ1) is 12.9. The number of benzene rings is 2. The Morgan fingerprint density at radius 3 is 2.70 bits per heavy atom. The fourth-order valence-corrected chi connectivity index (χ4v) is 2.64. The summed E-state index contributed by atoms with van der Waals surface area (Å²) in [5.41, 5.74) is 3.49. The van der Waals surface area contributed by atoms with Gasteiger partial charge in [0.25, 0.3) is 0 Å². The van der Waals surface area contributed by atoms with Gasteiger partial charge in [-0.1, -0.05) is 54.6 Å². The molecule has 2 N–H and O–H groups in total. The maximum Gasteiger partial charge on any atom is 0.229 e. The second kappa shape index (κ2) is 5.88. The molecule has 1 amide bonds. The third-order valence-corrected chi connectivity index (χ3v) is 3.72. The van der Waals surface area contributed by atoms with Crippen molar-refractivity contribution in [3.05, 3.63) is 71.3 Å². The highest BCUT2D eigenvalue weighted by atomic mass is 16.1. The van der Waals surface area contributed by atoms with E-state index in [1.807, 2.05) is 42.5 Å². The molecule has 102 valence electrons. The van der Waals surface area contributed by atoms with Gasteiger partial charge in [0.1, 0.15) is 0 Å². The Hall–Kier alpha value is -2.13. The minimum atomic E-state index is -0.0938. The van der Waals surface area contributed by atoms with Crippen LogP contribution in [-0.4, -0.2) is 12.5 Å². The second-order valence-electron chi connectivity index (χ2n) is 5.09. The van der Waals surface area contributed by atoms with Gasteiger partial charge in [0, 0.05) is 19.6 Å². The maximum absolute atomic E-state index is 12.4. The average molecular weight is 266 g/mol. The first-order valence-electron chi connectivity index (χ1n) is 6.95. The predicted octanol–water partition coefficient (Wildman–Crippen LogP) is 2.19. The highest BCUT2D eigenvalue weighted by Crippen LogP contribution is 2.23. The largest absolute Gasteiger partial charge is 0.351 e. The predicted molar refractivity (Wildman–Crippen MR) is 79.2 cm³/mol. The van der Waals surface area contributed by atoms with Crippen molar-refractivity contribution < 1.29 is 4.79 Å². The monoisotopic (exact) mass is 266 g/mol. The zero-order valence-corrected chi connectivity index (χ0v) is 11.3. The molecule has 2 aromatic rings. The highest BCUT2D eigenvalue weighted by Gasteiger charge is 2.25. The molecule has 1 unspecified atom stereocenters. The molecule has 0 fully saturated rings. The van der Waals surface area contributed by atoms with Crippen LogP contribution in [0.25, 0.3) is 0 Å². The number of rotatable bonds is 3. The molecule has 0 spiro atoms. The third-order valence-electron chi connectivity index (χ3n) is 3.72. The SMILES string of the molecule is O=C(NCc1ccccc1)C1CNCc2ccccc21. The number of carbonyl (C=O) groups excluding carboxylic acids is 1. The first-order chi connectivity index (χ1) is 9.84. The van der Waals surface area contributed by atoms with Gasteiger partial charge in [0.05, 0.1) is 5.92 Å². The van der Waals surface area contributed by atoms with Crippen molar-refractivity contribution in [1.29, 1.82) is 0 Å². The molecule has 1 aliphatic rings. The summed E-state index contributed by atoms with van der Waals surface area (Å²) >= 11 is 0. The van der Waals surface area contributed by atoms with Crippen LogP contribution in [0.15, 0.2) is 54.6 Å². The van der Waals surface area contributed by atoms with Crippen LogP contribution in [0, 0.1) is 0 Å². The molecule has 0 aromatic heterocycles. The second-order valence-corrected chi connectivity index (χ2v) is 5.09. The lowest BCUT2D eigenvalue weighted by Gasteiger charge is -2.25. The fraction of sp³-hybridized carbons (Fsp3) is 0.235. The van der Waals surface area contributed by atoms with Crippen LogP contribution in [0.2, 0.25) is 0 Å². The van der Waals surface area contributed by atoms with E-state index < -0.39 is 0 Å². The number of hydrogen-bond donors (Lipinski definition) is 2. The zero-order chi connectivity index (χ0) is 13.8. The molecular formula is C17H18N2O. The van der Waals surface area contributed by atoms with Gasteiger partial charge in [-0.15, -0.1) is 0 Å². The zero-order valence-electron chi connectivity index (χ0n) is 11.3. The maximum atomic E-state index is 12.4. The Kier molecular flexibility index (Phi) is 3.79. The van der Waals surface area contributed by atoms with E-state index in [0.29, 0.717) is 13.1 Å². The van der Waals surface area contributed by atoms with Gasteiger partial charge < -0.3 is 10.6 Å². The van der Waals surface area contributed by atoms with E-state index in [1.54, 1.807) is 0 Å². The Bertz CT molecular complexity index is 595. The van der Waals surface area contributed by atoms with Crippen LogP contribution in [-0.2, 0) is 17.9 Å². The van der Waals surface area contributed by atoms with Gasteiger partial charge in [-0.2, -0.15) is 0 Å². The average Bonchev–Trinajstić information content (AvgIpc) is 2.53. The first-order valence-corrected chi connectivity index (χ1v) is 6.95. The molecule has 0 bridgehead atoms. The highest BCUT2D eigenvalue weighted by molar-refractivity contribution is 5.84. The Balaban J connectivity index is 1.69. The van der Waals surface area contributed by atoms with Crippen molar-refractivity contribution in [2.24, 2.45) is 0 Å². The molecule has 2 aromatic carbocycles. The van der Waals surface area contributed by atoms with Gasteiger partial charge in [-0.3, -0.25) is 4.79 Å². The lowest BCUT2D eigenvalue weighted by atomic mass is 9.90. The van der Waals surface area contributed by atoms with E-state index in [4.69, 9.17) is 0 Å². The van der Waals surface area contributed by atoms with Crippen molar-refractivity contribution in [2.75, 3.05) is 6.54 Å². The van der Waals surface area contributed by atoms with Crippen molar-refractivity contribution in [1.82, 2.24) is 10.6 Å².